The molecule has 1 saturated carbocycles. The van der Waals surface area contributed by atoms with E-state index < -0.39 is 0 Å². The lowest BCUT2D eigenvalue weighted by Crippen LogP contribution is -2.62. The molecule has 2 atom stereocenters. The number of rotatable bonds is 1. The highest BCUT2D eigenvalue weighted by Gasteiger charge is 2.47. The van der Waals surface area contributed by atoms with Crippen molar-refractivity contribution in [1.82, 2.24) is 5.32 Å². The number of nitrogens with one attached hydrogen (secondary N) is 1. The molecular weight excluding hydrogens is 148 g/mol. The minimum absolute atomic E-state index is 0.170. The van der Waals surface area contributed by atoms with Crippen LogP contribution >= 0.6 is 0 Å². The molecule has 2 unspecified atom stereocenters. The monoisotopic (exact) mass is 164 g/mol. The van der Waals surface area contributed by atoms with Crippen molar-refractivity contribution in [2.75, 3.05) is 13.1 Å². The zero-order valence-electron chi connectivity index (χ0n) is 7.34. The summed E-state index contributed by atoms with van der Waals surface area (Å²) >= 11 is 0. The van der Waals surface area contributed by atoms with Crippen molar-refractivity contribution in [3.05, 3.63) is 24.3 Å². The maximum absolute atomic E-state index is 5.70. The highest BCUT2D eigenvalue weighted by atomic mass is 15.0. The summed E-state index contributed by atoms with van der Waals surface area (Å²) < 4.78 is 0. The van der Waals surface area contributed by atoms with E-state index in [1.54, 1.807) is 0 Å². The first kappa shape index (κ1) is 8.02. The Hall–Kier alpha value is -0.600. The molecule has 2 rings (SSSR count). The van der Waals surface area contributed by atoms with Crippen LogP contribution in [0.25, 0.3) is 0 Å². The quantitative estimate of drug-likeness (QED) is 0.602. The minimum Gasteiger partial charge on any atom is -0.330 e. The van der Waals surface area contributed by atoms with Crippen LogP contribution in [0.2, 0.25) is 0 Å². The fraction of sp³-hybridized carbons (Fsp3) is 0.600. The second kappa shape index (κ2) is 2.71. The highest BCUT2D eigenvalue weighted by molar-refractivity contribution is 5.36. The van der Waals surface area contributed by atoms with Crippen molar-refractivity contribution in [3.63, 3.8) is 0 Å². The summed E-state index contributed by atoms with van der Waals surface area (Å²) in [5, 5.41) is 3.52. The fourth-order valence-corrected chi connectivity index (χ4v) is 2.32. The van der Waals surface area contributed by atoms with E-state index in [0.29, 0.717) is 5.92 Å². The van der Waals surface area contributed by atoms with Gasteiger partial charge in [0.15, 0.2) is 0 Å². The maximum Gasteiger partial charge on any atom is 0.0471 e. The van der Waals surface area contributed by atoms with Crippen molar-refractivity contribution in [1.29, 1.82) is 0 Å². The molecule has 1 spiro atoms. The van der Waals surface area contributed by atoms with Crippen LogP contribution in [0.15, 0.2) is 24.3 Å². The number of hydrogen-bond acceptors (Lipinski definition) is 2. The molecule has 0 amide bonds. The van der Waals surface area contributed by atoms with Crippen molar-refractivity contribution >= 4 is 0 Å². The van der Waals surface area contributed by atoms with Crippen molar-refractivity contribution in [2.24, 2.45) is 11.7 Å². The average molecular weight is 164 g/mol. The molecule has 2 heteroatoms. The maximum atomic E-state index is 5.70. The zero-order valence-corrected chi connectivity index (χ0v) is 7.34. The van der Waals surface area contributed by atoms with E-state index in [1.165, 1.54) is 18.4 Å². The van der Waals surface area contributed by atoms with Gasteiger partial charge in [-0.15, -0.1) is 0 Å². The van der Waals surface area contributed by atoms with Gasteiger partial charge < -0.3 is 11.1 Å². The van der Waals surface area contributed by atoms with Gasteiger partial charge in [-0.05, 0) is 30.9 Å². The van der Waals surface area contributed by atoms with E-state index in [2.05, 4.69) is 24.0 Å². The Balaban J connectivity index is 2.20. The van der Waals surface area contributed by atoms with Gasteiger partial charge in [-0.1, -0.05) is 18.7 Å². The first-order chi connectivity index (χ1) is 5.79. The van der Waals surface area contributed by atoms with Crippen LogP contribution in [0.3, 0.4) is 0 Å². The van der Waals surface area contributed by atoms with E-state index in [1.807, 2.05) is 0 Å². The van der Waals surface area contributed by atoms with Crippen LogP contribution in [0.1, 0.15) is 12.8 Å². The van der Waals surface area contributed by atoms with E-state index in [-0.39, 0.29) is 5.54 Å². The van der Waals surface area contributed by atoms with Gasteiger partial charge in [0.1, 0.15) is 0 Å². The lowest BCUT2D eigenvalue weighted by atomic mass is 9.62. The fourth-order valence-electron chi connectivity index (χ4n) is 2.32. The summed E-state index contributed by atoms with van der Waals surface area (Å²) in [5.41, 5.74) is 7.08. The Labute approximate surface area is 73.5 Å². The number of nitrogens with two attached hydrogens (primary N) is 1. The first-order valence-electron chi connectivity index (χ1n) is 4.60. The van der Waals surface area contributed by atoms with E-state index in [0.717, 1.165) is 13.1 Å². The van der Waals surface area contributed by atoms with Gasteiger partial charge in [0.2, 0.25) is 0 Å². The van der Waals surface area contributed by atoms with Gasteiger partial charge >= 0.3 is 0 Å². The van der Waals surface area contributed by atoms with Gasteiger partial charge in [0.25, 0.3) is 0 Å². The molecule has 3 N–H and O–H groups in total. The average Bonchev–Trinajstić information content (AvgIpc) is 2.04. The zero-order chi connectivity index (χ0) is 8.60. The highest BCUT2D eigenvalue weighted by Crippen LogP contribution is 2.44. The molecule has 0 radical (unpaired) electrons. The molecule has 0 bridgehead atoms. The van der Waals surface area contributed by atoms with Gasteiger partial charge in [-0.3, -0.25) is 0 Å². The van der Waals surface area contributed by atoms with Crippen molar-refractivity contribution < 1.29 is 0 Å². The van der Waals surface area contributed by atoms with Crippen LogP contribution in [0, 0.1) is 5.92 Å². The second-order valence-corrected chi connectivity index (χ2v) is 3.75. The molecule has 12 heavy (non-hydrogen) atoms. The van der Waals surface area contributed by atoms with Crippen LogP contribution in [0.5, 0.6) is 0 Å². The SMILES string of the molecule is C=C1C=CCNC12CCC2CN. The summed E-state index contributed by atoms with van der Waals surface area (Å²) in [4.78, 5) is 0. The summed E-state index contributed by atoms with van der Waals surface area (Å²) in [6.45, 7) is 5.83. The summed E-state index contributed by atoms with van der Waals surface area (Å²) in [6.07, 6.45) is 6.71. The predicted molar refractivity (Wildman–Crippen MR) is 50.8 cm³/mol. The van der Waals surface area contributed by atoms with Crippen LogP contribution in [-0.2, 0) is 0 Å². The Morgan fingerprint density at radius 2 is 2.58 bits per heavy atom. The molecule has 0 aromatic rings. The van der Waals surface area contributed by atoms with E-state index in [4.69, 9.17) is 5.73 Å². The Bertz CT molecular complexity index is 230. The molecule has 2 nitrogen and oxygen atoms in total. The molecule has 1 heterocycles. The lowest BCUT2D eigenvalue weighted by molar-refractivity contribution is 0.131. The van der Waals surface area contributed by atoms with Gasteiger partial charge in [0, 0.05) is 12.1 Å². The third-order valence-electron chi connectivity index (χ3n) is 3.30. The normalized spacial score (nSPS) is 40.1. The third-order valence-corrected chi connectivity index (χ3v) is 3.30. The molecule has 1 aliphatic carbocycles. The summed E-state index contributed by atoms with van der Waals surface area (Å²) in [7, 11) is 0. The molecule has 0 saturated heterocycles. The molecule has 1 fully saturated rings. The predicted octanol–water partition coefficient (Wildman–Crippen LogP) is 0.810. The van der Waals surface area contributed by atoms with Crippen molar-refractivity contribution in [3.8, 4) is 0 Å². The standard InChI is InChI=1S/C10H16N2/c1-8-3-2-6-12-10(8)5-4-9(10)7-11/h2-3,9,12H,1,4-7,11H2. The van der Waals surface area contributed by atoms with E-state index >= 15 is 0 Å². The molecule has 0 aromatic carbocycles. The Morgan fingerprint density at radius 1 is 1.75 bits per heavy atom. The van der Waals surface area contributed by atoms with Crippen LogP contribution in [0.4, 0.5) is 0 Å². The van der Waals surface area contributed by atoms with E-state index in [9.17, 15) is 0 Å². The van der Waals surface area contributed by atoms with Gasteiger partial charge in [-0.25, -0.2) is 0 Å². The largest absolute Gasteiger partial charge is 0.330 e. The molecular formula is C10H16N2. The van der Waals surface area contributed by atoms with Gasteiger partial charge in [0.05, 0.1) is 0 Å². The van der Waals surface area contributed by atoms with Crippen LogP contribution < -0.4 is 11.1 Å². The molecule has 0 aromatic heterocycles. The third kappa shape index (κ3) is 0.883. The van der Waals surface area contributed by atoms with Gasteiger partial charge in [-0.2, -0.15) is 0 Å². The first-order valence-corrected chi connectivity index (χ1v) is 4.60. The smallest absolute Gasteiger partial charge is 0.0471 e. The Kier molecular flexibility index (Phi) is 1.81. The topological polar surface area (TPSA) is 38.0 Å². The summed E-state index contributed by atoms with van der Waals surface area (Å²) in [6, 6.07) is 0. The molecule has 1 aliphatic heterocycles. The Morgan fingerprint density at radius 3 is 3.08 bits per heavy atom. The molecule has 2 aliphatic rings. The van der Waals surface area contributed by atoms with Crippen LogP contribution in [-0.4, -0.2) is 18.6 Å². The number of hydrogen-bond donors (Lipinski definition) is 2. The minimum atomic E-state index is 0.170. The molecule has 66 valence electrons. The van der Waals surface area contributed by atoms with Crippen molar-refractivity contribution in [2.45, 2.75) is 18.4 Å². The lowest BCUT2D eigenvalue weighted by Gasteiger charge is -2.52. The second-order valence-electron chi connectivity index (χ2n) is 3.75. The summed E-state index contributed by atoms with van der Waals surface area (Å²) in [5.74, 6) is 0.606.